The first-order valence-electron chi connectivity index (χ1n) is 8.92. The number of rotatable bonds is 5. The average Bonchev–Trinajstić information content (AvgIpc) is 3.10. The minimum atomic E-state index is -0.466. The van der Waals surface area contributed by atoms with Gasteiger partial charge in [-0.3, -0.25) is 4.79 Å². The van der Waals surface area contributed by atoms with E-state index in [-0.39, 0.29) is 23.7 Å². The molecule has 1 heterocycles. The molecule has 25 heavy (non-hydrogen) atoms. The second kappa shape index (κ2) is 8.72. The van der Waals surface area contributed by atoms with E-state index in [1.807, 2.05) is 18.2 Å². The van der Waals surface area contributed by atoms with Crippen LogP contribution in [0.25, 0.3) is 0 Å². The molecule has 0 spiro atoms. The van der Waals surface area contributed by atoms with E-state index in [2.05, 4.69) is 11.4 Å². The van der Waals surface area contributed by atoms with Gasteiger partial charge in [0.25, 0.3) is 0 Å². The van der Waals surface area contributed by atoms with E-state index in [1.165, 1.54) is 18.4 Å². The standard InChI is InChI=1S/C19H27ClN2O2.ClH/c20-16-5-3-4-15(12-16)19(6-1-2-7-19)14-22-17(23)18(13-21)8-10-24-11-9-18;/h3-5,12H,1-2,6-11,13-14,21H2,(H,22,23);1H. The lowest BCUT2D eigenvalue weighted by Crippen LogP contribution is -2.51. The van der Waals surface area contributed by atoms with Crippen molar-refractivity contribution < 1.29 is 9.53 Å². The topological polar surface area (TPSA) is 64.4 Å². The Morgan fingerprint density at radius 1 is 1.20 bits per heavy atom. The summed E-state index contributed by atoms with van der Waals surface area (Å²) in [7, 11) is 0. The molecule has 1 saturated heterocycles. The Morgan fingerprint density at radius 2 is 1.88 bits per heavy atom. The van der Waals surface area contributed by atoms with Gasteiger partial charge in [-0.25, -0.2) is 0 Å². The zero-order chi connectivity index (χ0) is 17.0. The number of benzene rings is 1. The van der Waals surface area contributed by atoms with Gasteiger partial charge in [0.1, 0.15) is 0 Å². The maximum absolute atomic E-state index is 12.9. The molecule has 0 aromatic heterocycles. The number of nitrogens with one attached hydrogen (secondary N) is 1. The van der Waals surface area contributed by atoms with Crippen LogP contribution in [0.3, 0.4) is 0 Å². The lowest BCUT2D eigenvalue weighted by atomic mass is 9.76. The van der Waals surface area contributed by atoms with Crippen LogP contribution >= 0.6 is 24.0 Å². The Morgan fingerprint density at radius 3 is 2.48 bits per heavy atom. The number of halogens is 2. The van der Waals surface area contributed by atoms with Gasteiger partial charge in [0.2, 0.25) is 5.91 Å². The molecular weight excluding hydrogens is 359 g/mol. The van der Waals surface area contributed by atoms with E-state index in [1.54, 1.807) is 0 Å². The number of ether oxygens (including phenoxy) is 1. The van der Waals surface area contributed by atoms with E-state index in [0.717, 1.165) is 17.9 Å². The fourth-order valence-electron chi connectivity index (χ4n) is 4.16. The predicted molar refractivity (Wildman–Crippen MR) is 103 cm³/mol. The number of hydrogen-bond acceptors (Lipinski definition) is 3. The summed E-state index contributed by atoms with van der Waals surface area (Å²) in [6.45, 7) is 2.27. The second-order valence-corrected chi connectivity index (χ2v) is 7.71. The molecule has 4 nitrogen and oxygen atoms in total. The summed E-state index contributed by atoms with van der Waals surface area (Å²) in [6.07, 6.45) is 5.98. The van der Waals surface area contributed by atoms with Crippen molar-refractivity contribution in [1.82, 2.24) is 5.32 Å². The summed E-state index contributed by atoms with van der Waals surface area (Å²) in [6, 6.07) is 8.08. The summed E-state index contributed by atoms with van der Waals surface area (Å²) in [4.78, 5) is 12.9. The quantitative estimate of drug-likeness (QED) is 0.814. The number of nitrogens with two attached hydrogens (primary N) is 1. The molecule has 1 aromatic carbocycles. The Bertz CT molecular complexity index is 583. The average molecular weight is 387 g/mol. The van der Waals surface area contributed by atoms with E-state index >= 15 is 0 Å². The lowest BCUT2D eigenvalue weighted by Gasteiger charge is -2.37. The fourth-order valence-corrected chi connectivity index (χ4v) is 4.35. The normalized spacial score (nSPS) is 21.4. The van der Waals surface area contributed by atoms with Crippen molar-refractivity contribution in [2.24, 2.45) is 11.1 Å². The van der Waals surface area contributed by atoms with Crippen LogP contribution in [0.2, 0.25) is 5.02 Å². The molecule has 0 atom stereocenters. The Hall–Kier alpha value is -0.810. The zero-order valence-corrected chi connectivity index (χ0v) is 16.1. The predicted octanol–water partition coefficient (Wildman–Crippen LogP) is 3.45. The first-order valence-corrected chi connectivity index (χ1v) is 9.30. The highest BCUT2D eigenvalue weighted by molar-refractivity contribution is 6.30. The summed E-state index contributed by atoms with van der Waals surface area (Å²) < 4.78 is 5.41. The highest BCUT2D eigenvalue weighted by Crippen LogP contribution is 2.41. The van der Waals surface area contributed by atoms with Crippen molar-refractivity contribution in [2.45, 2.75) is 43.9 Å². The molecule has 1 saturated carbocycles. The number of amides is 1. The molecule has 1 aromatic rings. The second-order valence-electron chi connectivity index (χ2n) is 7.28. The third-order valence-corrected chi connectivity index (χ3v) is 6.14. The minimum Gasteiger partial charge on any atom is -0.381 e. The molecule has 2 aliphatic rings. The molecular formula is C19H28Cl2N2O2. The van der Waals surface area contributed by atoms with Gasteiger partial charge in [-0.1, -0.05) is 36.6 Å². The largest absolute Gasteiger partial charge is 0.381 e. The van der Waals surface area contributed by atoms with Crippen LogP contribution in [-0.2, 0) is 14.9 Å². The highest BCUT2D eigenvalue weighted by atomic mass is 35.5. The van der Waals surface area contributed by atoms with Crippen molar-refractivity contribution in [3.05, 3.63) is 34.9 Å². The zero-order valence-electron chi connectivity index (χ0n) is 14.6. The third-order valence-electron chi connectivity index (χ3n) is 5.91. The molecule has 6 heteroatoms. The van der Waals surface area contributed by atoms with Crippen molar-refractivity contribution in [1.29, 1.82) is 0 Å². The van der Waals surface area contributed by atoms with E-state index < -0.39 is 5.41 Å². The molecule has 2 fully saturated rings. The first-order chi connectivity index (χ1) is 11.6. The maximum Gasteiger partial charge on any atom is 0.227 e. The van der Waals surface area contributed by atoms with Crippen LogP contribution in [0.4, 0.5) is 0 Å². The fraction of sp³-hybridized carbons (Fsp3) is 0.632. The molecule has 0 radical (unpaired) electrons. The van der Waals surface area contributed by atoms with Gasteiger partial charge in [-0.05, 0) is 43.4 Å². The molecule has 1 amide bonds. The van der Waals surface area contributed by atoms with Gasteiger partial charge >= 0.3 is 0 Å². The third kappa shape index (κ3) is 4.30. The van der Waals surface area contributed by atoms with Crippen LogP contribution in [0.15, 0.2) is 24.3 Å². The molecule has 1 aliphatic heterocycles. The van der Waals surface area contributed by atoms with Gasteiger partial charge in [0.05, 0.1) is 5.41 Å². The Labute approximate surface area is 161 Å². The minimum absolute atomic E-state index is 0. The smallest absolute Gasteiger partial charge is 0.227 e. The van der Waals surface area contributed by atoms with E-state index in [0.29, 0.717) is 39.1 Å². The van der Waals surface area contributed by atoms with Crippen LogP contribution in [0, 0.1) is 5.41 Å². The van der Waals surface area contributed by atoms with Crippen molar-refractivity contribution >= 4 is 29.9 Å². The van der Waals surface area contributed by atoms with Gasteiger partial charge < -0.3 is 15.8 Å². The van der Waals surface area contributed by atoms with E-state index in [9.17, 15) is 4.79 Å². The monoisotopic (exact) mass is 386 g/mol. The van der Waals surface area contributed by atoms with Crippen LogP contribution in [0.5, 0.6) is 0 Å². The van der Waals surface area contributed by atoms with Crippen molar-refractivity contribution in [2.75, 3.05) is 26.3 Å². The maximum atomic E-state index is 12.9. The van der Waals surface area contributed by atoms with Crippen molar-refractivity contribution in [3.63, 3.8) is 0 Å². The first kappa shape index (κ1) is 20.5. The van der Waals surface area contributed by atoms with Gasteiger partial charge in [-0.2, -0.15) is 0 Å². The number of carbonyl (C=O) groups is 1. The van der Waals surface area contributed by atoms with Crippen LogP contribution in [-0.4, -0.2) is 32.2 Å². The molecule has 3 rings (SSSR count). The van der Waals surface area contributed by atoms with Gasteiger partial charge in [0.15, 0.2) is 0 Å². The summed E-state index contributed by atoms with van der Waals surface area (Å²) in [5.74, 6) is 0.0848. The van der Waals surface area contributed by atoms with E-state index in [4.69, 9.17) is 22.1 Å². The number of carbonyl (C=O) groups excluding carboxylic acids is 1. The van der Waals surface area contributed by atoms with Crippen LogP contribution < -0.4 is 11.1 Å². The summed E-state index contributed by atoms with van der Waals surface area (Å²) in [5, 5.41) is 3.98. The SMILES string of the molecule is Cl.NCC1(C(=O)NCC2(c3cccc(Cl)c3)CCCC2)CCOCC1. The Kier molecular flexibility index (Phi) is 7.15. The molecule has 0 bridgehead atoms. The summed E-state index contributed by atoms with van der Waals surface area (Å²) >= 11 is 6.20. The van der Waals surface area contributed by atoms with Crippen LogP contribution in [0.1, 0.15) is 44.1 Å². The summed E-state index contributed by atoms with van der Waals surface area (Å²) in [5.41, 5.74) is 6.73. The number of hydrogen-bond donors (Lipinski definition) is 2. The highest BCUT2D eigenvalue weighted by Gasteiger charge is 2.41. The molecule has 140 valence electrons. The molecule has 3 N–H and O–H groups in total. The van der Waals surface area contributed by atoms with Crippen molar-refractivity contribution in [3.8, 4) is 0 Å². The molecule has 1 aliphatic carbocycles. The van der Waals surface area contributed by atoms with Gasteiger partial charge in [0, 0.05) is 36.7 Å². The Balaban J connectivity index is 0.00000225. The molecule has 0 unspecified atom stereocenters. The lowest BCUT2D eigenvalue weighted by molar-refractivity contribution is -0.136. The van der Waals surface area contributed by atoms with Gasteiger partial charge in [-0.15, -0.1) is 12.4 Å².